The molecule has 0 saturated carbocycles. The molecule has 3 N–H and O–H groups in total. The number of amides is 2. The third kappa shape index (κ3) is 4.46. The van der Waals surface area contributed by atoms with Crippen molar-refractivity contribution in [3.8, 4) is 5.75 Å². The van der Waals surface area contributed by atoms with Crippen LogP contribution < -0.4 is 15.8 Å². The Morgan fingerprint density at radius 3 is 3.00 bits per heavy atom. The molecule has 1 aromatic rings. The summed E-state index contributed by atoms with van der Waals surface area (Å²) in [5.41, 5.74) is 5.61. The van der Waals surface area contributed by atoms with Crippen LogP contribution in [0.25, 0.3) is 0 Å². The van der Waals surface area contributed by atoms with Gasteiger partial charge in [0.05, 0.1) is 13.0 Å². The number of ether oxygens (including phenoxy) is 1. The monoisotopic (exact) mass is 291 g/mol. The normalized spacial score (nSPS) is 18.3. The van der Waals surface area contributed by atoms with Crippen molar-refractivity contribution in [3.63, 3.8) is 0 Å². The quantitative estimate of drug-likeness (QED) is 0.821. The lowest BCUT2D eigenvalue weighted by Crippen LogP contribution is -2.51. The second-order valence-electron chi connectivity index (χ2n) is 5.19. The molecule has 21 heavy (non-hydrogen) atoms. The number of nitrogens with two attached hydrogens (primary N) is 1. The van der Waals surface area contributed by atoms with Gasteiger partial charge in [-0.15, -0.1) is 0 Å². The van der Waals surface area contributed by atoms with Gasteiger partial charge >= 0.3 is 0 Å². The maximum absolute atomic E-state index is 12.1. The molecule has 1 aliphatic rings. The molecule has 1 heterocycles. The zero-order chi connectivity index (χ0) is 15.2. The first kappa shape index (κ1) is 15.3. The van der Waals surface area contributed by atoms with Gasteiger partial charge in [-0.05, 0) is 25.1 Å². The van der Waals surface area contributed by atoms with Gasteiger partial charge in [0.1, 0.15) is 5.75 Å². The molecule has 0 aromatic heterocycles. The van der Waals surface area contributed by atoms with Crippen molar-refractivity contribution in [2.75, 3.05) is 26.2 Å². The molecule has 0 spiro atoms. The number of nitrogens with zero attached hydrogens (tertiary/aromatic N) is 1. The first-order valence-electron chi connectivity index (χ1n) is 7.10. The van der Waals surface area contributed by atoms with E-state index in [4.69, 9.17) is 10.5 Å². The third-order valence-electron chi connectivity index (χ3n) is 3.42. The molecular weight excluding hydrogens is 270 g/mol. The van der Waals surface area contributed by atoms with Crippen LogP contribution in [-0.2, 0) is 4.79 Å². The first-order valence-corrected chi connectivity index (χ1v) is 7.10. The first-order chi connectivity index (χ1) is 10.1. The highest BCUT2D eigenvalue weighted by molar-refractivity contribution is 5.93. The minimum Gasteiger partial charge on any atom is -0.493 e. The molecule has 1 aliphatic heterocycles. The van der Waals surface area contributed by atoms with Crippen molar-refractivity contribution in [2.24, 2.45) is 5.73 Å². The Hall–Kier alpha value is -2.08. The van der Waals surface area contributed by atoms with Gasteiger partial charge in [-0.2, -0.15) is 0 Å². The Morgan fingerprint density at radius 1 is 1.48 bits per heavy atom. The predicted octanol–water partition coefficient (Wildman–Crippen LogP) is 0.375. The van der Waals surface area contributed by atoms with Gasteiger partial charge in [0.25, 0.3) is 0 Å². The summed E-state index contributed by atoms with van der Waals surface area (Å²) in [7, 11) is 0. The van der Waals surface area contributed by atoms with Gasteiger partial charge < -0.3 is 20.7 Å². The molecule has 0 bridgehead atoms. The fourth-order valence-corrected chi connectivity index (χ4v) is 2.31. The third-order valence-corrected chi connectivity index (χ3v) is 3.42. The van der Waals surface area contributed by atoms with Crippen LogP contribution in [0, 0.1) is 0 Å². The average molecular weight is 291 g/mol. The van der Waals surface area contributed by atoms with Crippen LogP contribution >= 0.6 is 0 Å². The smallest absolute Gasteiger partial charge is 0.248 e. The fraction of sp³-hybridized carbons (Fsp3) is 0.467. The summed E-state index contributed by atoms with van der Waals surface area (Å²) >= 11 is 0. The standard InChI is InChI=1S/C15H21N3O3/c1-11-10-18(7-6-17-11)14(19)5-8-21-13-4-2-3-12(9-13)15(16)20/h2-4,9,11,17H,5-8,10H2,1H3,(H2,16,20). The molecule has 1 aromatic carbocycles. The lowest BCUT2D eigenvalue weighted by molar-refractivity contribution is -0.132. The number of nitrogens with one attached hydrogen (secondary N) is 1. The van der Waals surface area contributed by atoms with E-state index in [0.717, 1.165) is 19.6 Å². The van der Waals surface area contributed by atoms with E-state index in [-0.39, 0.29) is 5.91 Å². The molecule has 114 valence electrons. The predicted molar refractivity (Wildman–Crippen MR) is 79.1 cm³/mol. The summed E-state index contributed by atoms with van der Waals surface area (Å²) in [6.45, 7) is 4.65. The van der Waals surface area contributed by atoms with Gasteiger partial charge in [-0.25, -0.2) is 0 Å². The second-order valence-corrected chi connectivity index (χ2v) is 5.19. The van der Waals surface area contributed by atoms with E-state index in [9.17, 15) is 9.59 Å². The summed E-state index contributed by atoms with van der Waals surface area (Å²) in [5, 5.41) is 3.30. The minimum atomic E-state index is -0.494. The van der Waals surface area contributed by atoms with Gasteiger partial charge in [0.15, 0.2) is 0 Å². The van der Waals surface area contributed by atoms with Gasteiger partial charge in [-0.1, -0.05) is 6.07 Å². The highest BCUT2D eigenvalue weighted by Crippen LogP contribution is 2.13. The molecular formula is C15H21N3O3. The second kappa shape index (κ2) is 7.08. The number of carbonyl (C=O) groups is 2. The summed E-state index contributed by atoms with van der Waals surface area (Å²) < 4.78 is 5.51. The Morgan fingerprint density at radius 2 is 2.29 bits per heavy atom. The molecule has 6 heteroatoms. The van der Waals surface area contributed by atoms with Crippen LogP contribution in [0.1, 0.15) is 23.7 Å². The molecule has 0 radical (unpaired) electrons. The molecule has 1 unspecified atom stereocenters. The molecule has 2 rings (SSSR count). The Labute approximate surface area is 124 Å². The highest BCUT2D eigenvalue weighted by atomic mass is 16.5. The molecule has 1 saturated heterocycles. The molecule has 1 atom stereocenters. The maximum Gasteiger partial charge on any atom is 0.248 e. The van der Waals surface area contributed by atoms with E-state index < -0.39 is 5.91 Å². The fourth-order valence-electron chi connectivity index (χ4n) is 2.31. The minimum absolute atomic E-state index is 0.0920. The zero-order valence-corrected chi connectivity index (χ0v) is 12.2. The molecule has 2 amide bonds. The lowest BCUT2D eigenvalue weighted by Gasteiger charge is -2.31. The van der Waals surface area contributed by atoms with Crippen LogP contribution in [-0.4, -0.2) is 49.0 Å². The van der Waals surface area contributed by atoms with Crippen LogP contribution in [0.3, 0.4) is 0 Å². The summed E-state index contributed by atoms with van der Waals surface area (Å²) in [6, 6.07) is 6.98. The van der Waals surface area contributed by atoms with E-state index in [1.807, 2.05) is 4.90 Å². The molecule has 0 aliphatic carbocycles. The topological polar surface area (TPSA) is 84.7 Å². The zero-order valence-electron chi connectivity index (χ0n) is 12.2. The number of primary amides is 1. The Balaban J connectivity index is 1.79. The van der Waals surface area contributed by atoms with Crippen LogP contribution in [0.2, 0.25) is 0 Å². The summed E-state index contributed by atoms with van der Waals surface area (Å²) in [6.07, 6.45) is 0.327. The van der Waals surface area contributed by atoms with Crippen molar-refractivity contribution in [1.82, 2.24) is 10.2 Å². The summed E-state index contributed by atoms with van der Waals surface area (Å²) in [4.78, 5) is 25.0. The van der Waals surface area contributed by atoms with E-state index in [1.165, 1.54) is 0 Å². The van der Waals surface area contributed by atoms with Gasteiger partial charge in [0.2, 0.25) is 11.8 Å². The van der Waals surface area contributed by atoms with Crippen molar-refractivity contribution in [1.29, 1.82) is 0 Å². The number of piperazine rings is 1. The summed E-state index contributed by atoms with van der Waals surface area (Å²) in [5.74, 6) is 0.147. The number of carbonyl (C=O) groups excluding carboxylic acids is 2. The van der Waals surface area contributed by atoms with Crippen LogP contribution in [0.5, 0.6) is 5.75 Å². The van der Waals surface area contributed by atoms with Crippen molar-refractivity contribution in [3.05, 3.63) is 29.8 Å². The molecule has 6 nitrogen and oxygen atoms in total. The van der Waals surface area contributed by atoms with Crippen molar-refractivity contribution >= 4 is 11.8 Å². The van der Waals surface area contributed by atoms with E-state index in [1.54, 1.807) is 24.3 Å². The SMILES string of the molecule is CC1CN(C(=O)CCOc2cccc(C(N)=O)c2)CCN1. The number of hydrogen-bond acceptors (Lipinski definition) is 4. The number of hydrogen-bond donors (Lipinski definition) is 2. The maximum atomic E-state index is 12.1. The van der Waals surface area contributed by atoms with Crippen molar-refractivity contribution < 1.29 is 14.3 Å². The highest BCUT2D eigenvalue weighted by Gasteiger charge is 2.20. The lowest BCUT2D eigenvalue weighted by atomic mass is 10.2. The Bertz CT molecular complexity index is 519. The number of rotatable bonds is 5. The number of benzene rings is 1. The van der Waals surface area contributed by atoms with Gasteiger partial charge in [-0.3, -0.25) is 9.59 Å². The Kier molecular flexibility index (Phi) is 5.16. The van der Waals surface area contributed by atoms with Crippen molar-refractivity contribution in [2.45, 2.75) is 19.4 Å². The van der Waals surface area contributed by atoms with Gasteiger partial charge in [0, 0.05) is 31.2 Å². The van der Waals surface area contributed by atoms with Crippen LogP contribution in [0.4, 0.5) is 0 Å². The van der Waals surface area contributed by atoms with E-state index >= 15 is 0 Å². The van der Waals surface area contributed by atoms with E-state index in [0.29, 0.717) is 30.4 Å². The molecule has 1 fully saturated rings. The average Bonchev–Trinajstić information content (AvgIpc) is 2.47. The largest absolute Gasteiger partial charge is 0.493 e. The van der Waals surface area contributed by atoms with E-state index in [2.05, 4.69) is 12.2 Å². The van der Waals surface area contributed by atoms with Crippen LogP contribution in [0.15, 0.2) is 24.3 Å².